The molecule has 0 radical (unpaired) electrons. The summed E-state index contributed by atoms with van der Waals surface area (Å²) in [5.74, 6) is 0. The Morgan fingerprint density at radius 3 is 3.00 bits per heavy atom. The van der Waals surface area contributed by atoms with Crippen molar-refractivity contribution < 1.29 is 0 Å². The monoisotopic (exact) mass is 220 g/mol. The topological polar surface area (TPSA) is 38.9 Å². The van der Waals surface area contributed by atoms with Crippen molar-refractivity contribution >= 4 is 21.6 Å². The van der Waals surface area contributed by atoms with Crippen LogP contribution in [0.25, 0.3) is 10.2 Å². The summed E-state index contributed by atoms with van der Waals surface area (Å²) in [7, 11) is 0. The molecule has 0 fully saturated rings. The lowest BCUT2D eigenvalue weighted by molar-refractivity contribution is 0.665. The van der Waals surface area contributed by atoms with Gasteiger partial charge in [0.1, 0.15) is 0 Å². The van der Waals surface area contributed by atoms with E-state index in [4.69, 9.17) is 5.73 Å². The van der Waals surface area contributed by atoms with Crippen molar-refractivity contribution in [2.45, 2.75) is 32.7 Å². The Labute approximate surface area is 94.1 Å². The first kappa shape index (κ1) is 10.6. The summed E-state index contributed by atoms with van der Waals surface area (Å²) in [4.78, 5) is 4.61. The first-order valence-electron chi connectivity index (χ1n) is 5.27. The predicted octanol–water partition coefficient (Wildman–Crippen LogP) is 2.88. The second-order valence-electron chi connectivity index (χ2n) is 4.09. The molecular formula is C12H16N2S. The van der Waals surface area contributed by atoms with Crippen LogP contribution in [0.3, 0.4) is 0 Å². The van der Waals surface area contributed by atoms with Gasteiger partial charge >= 0.3 is 0 Å². The van der Waals surface area contributed by atoms with Crippen molar-refractivity contribution in [2.75, 3.05) is 0 Å². The molecule has 1 aromatic carbocycles. The minimum Gasteiger partial charge on any atom is -0.328 e. The first-order valence-corrected chi connectivity index (χ1v) is 6.08. The molecule has 1 heterocycles. The second-order valence-corrected chi connectivity index (χ2v) is 5.21. The molecule has 1 atom stereocenters. The number of hydrogen-bond acceptors (Lipinski definition) is 3. The number of nitrogens with two attached hydrogens (primary N) is 1. The SMILES string of the molecule is Cc1ccc2sc(CCC(C)N)nc2c1. The first-order chi connectivity index (χ1) is 7.15. The summed E-state index contributed by atoms with van der Waals surface area (Å²) < 4.78 is 1.28. The van der Waals surface area contributed by atoms with Crippen molar-refractivity contribution in [3.8, 4) is 0 Å². The molecule has 80 valence electrons. The highest BCUT2D eigenvalue weighted by molar-refractivity contribution is 7.18. The molecule has 0 saturated carbocycles. The smallest absolute Gasteiger partial charge is 0.0939 e. The number of hydrogen-bond donors (Lipinski definition) is 1. The van der Waals surface area contributed by atoms with Gasteiger partial charge in [-0.2, -0.15) is 0 Å². The molecule has 0 amide bonds. The Hall–Kier alpha value is -0.930. The Kier molecular flexibility index (Phi) is 3.03. The third kappa shape index (κ3) is 2.55. The summed E-state index contributed by atoms with van der Waals surface area (Å²) in [6, 6.07) is 6.69. The van der Waals surface area contributed by atoms with E-state index in [0.29, 0.717) is 0 Å². The summed E-state index contributed by atoms with van der Waals surface area (Å²) in [5, 5.41) is 1.20. The number of benzene rings is 1. The highest BCUT2D eigenvalue weighted by Gasteiger charge is 2.04. The number of nitrogens with zero attached hydrogens (tertiary/aromatic N) is 1. The molecule has 0 aliphatic rings. The maximum Gasteiger partial charge on any atom is 0.0939 e. The van der Waals surface area contributed by atoms with E-state index in [0.717, 1.165) is 18.4 Å². The zero-order chi connectivity index (χ0) is 10.8. The van der Waals surface area contributed by atoms with Crippen molar-refractivity contribution in [2.24, 2.45) is 5.73 Å². The van der Waals surface area contributed by atoms with Crippen LogP contribution in [0.4, 0.5) is 0 Å². The molecule has 0 aliphatic heterocycles. The molecule has 2 N–H and O–H groups in total. The van der Waals surface area contributed by atoms with Gasteiger partial charge in [-0.05, 0) is 38.0 Å². The van der Waals surface area contributed by atoms with Gasteiger partial charge < -0.3 is 5.73 Å². The highest BCUT2D eigenvalue weighted by atomic mass is 32.1. The van der Waals surface area contributed by atoms with Crippen LogP contribution in [-0.4, -0.2) is 11.0 Å². The normalized spacial score (nSPS) is 13.3. The minimum absolute atomic E-state index is 0.263. The van der Waals surface area contributed by atoms with Crippen LogP contribution in [0.5, 0.6) is 0 Å². The number of thiazole rings is 1. The summed E-state index contributed by atoms with van der Waals surface area (Å²) in [5.41, 5.74) is 8.13. The summed E-state index contributed by atoms with van der Waals surface area (Å²) >= 11 is 1.78. The van der Waals surface area contributed by atoms with E-state index in [1.165, 1.54) is 15.3 Å². The van der Waals surface area contributed by atoms with E-state index in [2.05, 4.69) is 30.1 Å². The molecule has 1 unspecified atom stereocenters. The van der Waals surface area contributed by atoms with Gasteiger partial charge in [0, 0.05) is 12.5 Å². The number of rotatable bonds is 3. The largest absolute Gasteiger partial charge is 0.328 e. The van der Waals surface area contributed by atoms with E-state index in [1.807, 2.05) is 6.92 Å². The average molecular weight is 220 g/mol. The van der Waals surface area contributed by atoms with Crippen LogP contribution in [0.15, 0.2) is 18.2 Å². The number of fused-ring (bicyclic) bond motifs is 1. The van der Waals surface area contributed by atoms with E-state index >= 15 is 0 Å². The predicted molar refractivity (Wildman–Crippen MR) is 66.3 cm³/mol. The van der Waals surface area contributed by atoms with Gasteiger partial charge in [-0.25, -0.2) is 4.98 Å². The molecule has 2 rings (SSSR count). The third-order valence-electron chi connectivity index (χ3n) is 2.40. The van der Waals surface area contributed by atoms with Gasteiger partial charge in [-0.3, -0.25) is 0 Å². The highest BCUT2D eigenvalue weighted by Crippen LogP contribution is 2.23. The molecule has 0 bridgehead atoms. The molecule has 2 nitrogen and oxygen atoms in total. The zero-order valence-corrected chi connectivity index (χ0v) is 9.97. The standard InChI is InChI=1S/C12H16N2S/c1-8-3-5-11-10(7-8)14-12(15-11)6-4-9(2)13/h3,5,7,9H,4,6,13H2,1-2H3. The third-order valence-corrected chi connectivity index (χ3v) is 3.50. The van der Waals surface area contributed by atoms with Gasteiger partial charge in [0.15, 0.2) is 0 Å². The number of aryl methyl sites for hydroxylation is 2. The molecule has 1 aromatic heterocycles. The maximum absolute atomic E-state index is 5.74. The number of aromatic nitrogens is 1. The van der Waals surface area contributed by atoms with Crippen LogP contribution in [0.2, 0.25) is 0 Å². The lowest BCUT2D eigenvalue weighted by Crippen LogP contribution is -2.15. The molecule has 0 aliphatic carbocycles. The Morgan fingerprint density at radius 2 is 2.27 bits per heavy atom. The minimum atomic E-state index is 0.263. The Bertz CT molecular complexity index is 460. The van der Waals surface area contributed by atoms with Crippen LogP contribution >= 0.6 is 11.3 Å². The lowest BCUT2D eigenvalue weighted by atomic mass is 10.2. The van der Waals surface area contributed by atoms with Crippen molar-refractivity contribution in [3.05, 3.63) is 28.8 Å². The van der Waals surface area contributed by atoms with Crippen molar-refractivity contribution in [1.29, 1.82) is 0 Å². The van der Waals surface area contributed by atoms with Crippen LogP contribution in [-0.2, 0) is 6.42 Å². The van der Waals surface area contributed by atoms with Gasteiger partial charge in [-0.1, -0.05) is 6.07 Å². The fourth-order valence-corrected chi connectivity index (χ4v) is 2.51. The molecular weight excluding hydrogens is 204 g/mol. The van der Waals surface area contributed by atoms with E-state index < -0.39 is 0 Å². The Balaban J connectivity index is 2.23. The summed E-state index contributed by atoms with van der Waals surface area (Å²) in [6.07, 6.45) is 2.01. The van der Waals surface area contributed by atoms with Gasteiger partial charge in [0.25, 0.3) is 0 Å². The van der Waals surface area contributed by atoms with Crippen LogP contribution in [0.1, 0.15) is 23.9 Å². The molecule has 0 spiro atoms. The van der Waals surface area contributed by atoms with Gasteiger partial charge in [-0.15, -0.1) is 11.3 Å². The van der Waals surface area contributed by atoms with Crippen LogP contribution in [0, 0.1) is 6.92 Å². The average Bonchev–Trinajstić information content (AvgIpc) is 2.56. The fourth-order valence-electron chi connectivity index (χ4n) is 1.54. The van der Waals surface area contributed by atoms with E-state index in [1.54, 1.807) is 11.3 Å². The molecule has 2 aromatic rings. The Morgan fingerprint density at radius 1 is 1.47 bits per heavy atom. The summed E-state index contributed by atoms with van der Waals surface area (Å²) in [6.45, 7) is 4.14. The maximum atomic E-state index is 5.74. The molecule has 15 heavy (non-hydrogen) atoms. The quantitative estimate of drug-likeness (QED) is 0.863. The lowest BCUT2D eigenvalue weighted by Gasteiger charge is -2.00. The van der Waals surface area contributed by atoms with Crippen molar-refractivity contribution in [1.82, 2.24) is 4.98 Å². The van der Waals surface area contributed by atoms with Gasteiger partial charge in [0.05, 0.1) is 15.2 Å². The van der Waals surface area contributed by atoms with E-state index in [9.17, 15) is 0 Å². The molecule has 3 heteroatoms. The van der Waals surface area contributed by atoms with Gasteiger partial charge in [0.2, 0.25) is 0 Å². The van der Waals surface area contributed by atoms with E-state index in [-0.39, 0.29) is 6.04 Å². The second kappa shape index (κ2) is 4.29. The van der Waals surface area contributed by atoms with Crippen LogP contribution < -0.4 is 5.73 Å². The fraction of sp³-hybridized carbons (Fsp3) is 0.417. The van der Waals surface area contributed by atoms with Crippen molar-refractivity contribution in [3.63, 3.8) is 0 Å². The zero-order valence-electron chi connectivity index (χ0n) is 9.16. The molecule has 0 saturated heterocycles.